The van der Waals surface area contributed by atoms with Gasteiger partial charge in [0, 0.05) is 19.5 Å². The maximum absolute atomic E-state index is 12.7. The van der Waals surface area contributed by atoms with E-state index in [0.29, 0.717) is 23.8 Å². The number of carbonyl (C=O) groups excluding carboxylic acids is 1. The van der Waals surface area contributed by atoms with Crippen LogP contribution in [-0.2, 0) is 24.2 Å². The Morgan fingerprint density at radius 3 is 2.44 bits per heavy atom. The normalized spacial score (nSPS) is 11.6. The number of ether oxygens (including phenoxy) is 1. The summed E-state index contributed by atoms with van der Waals surface area (Å²) in [5.74, 6) is 0.648. The second-order valence-electron chi connectivity index (χ2n) is 8.90. The van der Waals surface area contributed by atoms with E-state index >= 15 is 0 Å². The third kappa shape index (κ3) is 5.78. The first-order valence-electron chi connectivity index (χ1n) is 11.1. The van der Waals surface area contributed by atoms with Gasteiger partial charge in [-0.2, -0.15) is 0 Å². The van der Waals surface area contributed by atoms with Crippen LogP contribution in [0.25, 0.3) is 11.1 Å². The lowest BCUT2D eigenvalue weighted by atomic mass is 9.98. The zero-order chi connectivity index (χ0) is 23.3. The molecule has 0 atom stereocenters. The van der Waals surface area contributed by atoms with Crippen LogP contribution in [-0.4, -0.2) is 21.1 Å². The molecule has 5 nitrogen and oxygen atoms in total. The van der Waals surface area contributed by atoms with Crippen LogP contribution in [0.4, 0.5) is 0 Å². The fourth-order valence-electron chi connectivity index (χ4n) is 3.63. The molecule has 0 saturated carbocycles. The Kier molecular flexibility index (Phi) is 7.75. The molecule has 32 heavy (non-hydrogen) atoms. The summed E-state index contributed by atoms with van der Waals surface area (Å²) in [6.45, 7) is 8.77. The van der Waals surface area contributed by atoms with Crippen LogP contribution >= 0.6 is 11.6 Å². The minimum absolute atomic E-state index is 0.321. The number of aryl methyl sites for hydroxylation is 1. The van der Waals surface area contributed by atoms with Gasteiger partial charge < -0.3 is 15.0 Å². The van der Waals surface area contributed by atoms with Crippen LogP contribution in [0, 0.1) is 0 Å². The number of benzene rings is 2. The lowest BCUT2D eigenvalue weighted by Crippen LogP contribution is -2.24. The van der Waals surface area contributed by atoms with E-state index in [1.807, 2.05) is 51.1 Å². The monoisotopic (exact) mass is 453 g/mol. The largest absolute Gasteiger partial charge is 0.456 e. The van der Waals surface area contributed by atoms with Gasteiger partial charge in [0.2, 0.25) is 0 Å². The number of nitrogens with zero attached hydrogens (tertiary/aromatic N) is 2. The minimum Gasteiger partial charge on any atom is -0.456 e. The molecule has 0 aliphatic rings. The molecule has 2 N–H and O–H groups in total. The van der Waals surface area contributed by atoms with Crippen molar-refractivity contribution in [1.82, 2.24) is 9.55 Å². The summed E-state index contributed by atoms with van der Waals surface area (Å²) < 4.78 is 7.71. The number of halogens is 1. The van der Waals surface area contributed by atoms with Gasteiger partial charge in [-0.05, 0) is 49.9 Å². The van der Waals surface area contributed by atoms with E-state index in [4.69, 9.17) is 22.1 Å². The van der Waals surface area contributed by atoms with E-state index in [2.05, 4.69) is 28.6 Å². The van der Waals surface area contributed by atoms with E-state index < -0.39 is 5.60 Å². The lowest BCUT2D eigenvalue weighted by molar-refractivity contribution is 0.00704. The van der Waals surface area contributed by atoms with Gasteiger partial charge in [0.1, 0.15) is 11.4 Å². The number of aromatic nitrogens is 2. The molecule has 2 aromatic carbocycles. The third-order valence-corrected chi connectivity index (χ3v) is 5.50. The molecular formula is C26H32ClN3O2. The van der Waals surface area contributed by atoms with Gasteiger partial charge in [0.05, 0.1) is 11.3 Å². The average Bonchev–Trinajstić information content (AvgIpc) is 3.05. The smallest absolute Gasteiger partial charge is 0.339 e. The first-order chi connectivity index (χ1) is 15.2. The van der Waals surface area contributed by atoms with Gasteiger partial charge in [0.15, 0.2) is 5.15 Å². The maximum atomic E-state index is 12.7. The maximum Gasteiger partial charge on any atom is 0.339 e. The van der Waals surface area contributed by atoms with E-state index in [-0.39, 0.29) is 5.97 Å². The Morgan fingerprint density at radius 1 is 1.12 bits per heavy atom. The number of esters is 1. The molecular weight excluding hydrogens is 422 g/mol. The van der Waals surface area contributed by atoms with Crippen molar-refractivity contribution in [2.24, 2.45) is 5.73 Å². The molecule has 6 heteroatoms. The van der Waals surface area contributed by atoms with Crippen LogP contribution in [0.5, 0.6) is 0 Å². The molecule has 1 aromatic heterocycles. The number of hydrogen-bond acceptors (Lipinski definition) is 4. The van der Waals surface area contributed by atoms with Crippen molar-refractivity contribution in [3.05, 3.63) is 76.3 Å². The third-order valence-electron chi connectivity index (χ3n) is 5.20. The molecule has 0 aliphatic carbocycles. The van der Waals surface area contributed by atoms with Crippen LogP contribution < -0.4 is 5.73 Å². The summed E-state index contributed by atoms with van der Waals surface area (Å²) in [6.07, 6.45) is 3.02. The Labute approximate surface area is 195 Å². The number of nitrogens with two attached hydrogens (primary N) is 1. The Bertz CT molecular complexity index is 1070. The highest BCUT2D eigenvalue weighted by Crippen LogP contribution is 2.27. The predicted molar refractivity (Wildman–Crippen MR) is 130 cm³/mol. The van der Waals surface area contributed by atoms with Crippen LogP contribution in [0.1, 0.15) is 68.0 Å². The zero-order valence-corrected chi connectivity index (χ0v) is 20.1. The fraction of sp³-hybridized carbons (Fsp3) is 0.385. The van der Waals surface area contributed by atoms with Gasteiger partial charge in [-0.25, -0.2) is 9.78 Å². The first kappa shape index (κ1) is 24.0. The van der Waals surface area contributed by atoms with Crippen LogP contribution in [0.3, 0.4) is 0 Å². The van der Waals surface area contributed by atoms with Gasteiger partial charge in [0.25, 0.3) is 0 Å². The number of imidazole rings is 1. The molecule has 0 amide bonds. The topological polar surface area (TPSA) is 70.1 Å². The number of carbonyl (C=O) groups is 1. The molecule has 3 rings (SSSR count). The lowest BCUT2D eigenvalue weighted by Gasteiger charge is -2.20. The number of hydrogen-bond donors (Lipinski definition) is 1. The van der Waals surface area contributed by atoms with Crippen molar-refractivity contribution in [1.29, 1.82) is 0 Å². The minimum atomic E-state index is -0.545. The van der Waals surface area contributed by atoms with Crippen LogP contribution in [0.2, 0.25) is 5.15 Å². The van der Waals surface area contributed by atoms with E-state index in [1.54, 1.807) is 6.07 Å². The highest BCUT2D eigenvalue weighted by atomic mass is 35.5. The Balaban J connectivity index is 1.87. The number of rotatable bonds is 8. The fourth-order valence-corrected chi connectivity index (χ4v) is 3.91. The van der Waals surface area contributed by atoms with E-state index in [0.717, 1.165) is 47.5 Å². The second-order valence-corrected chi connectivity index (χ2v) is 9.26. The Morgan fingerprint density at radius 2 is 1.81 bits per heavy atom. The molecule has 0 bridgehead atoms. The van der Waals surface area contributed by atoms with Crippen molar-refractivity contribution in [2.45, 2.75) is 65.6 Å². The summed E-state index contributed by atoms with van der Waals surface area (Å²) in [6, 6.07) is 15.7. The average molecular weight is 454 g/mol. The van der Waals surface area contributed by atoms with Gasteiger partial charge in [-0.15, -0.1) is 0 Å². The quantitative estimate of drug-likeness (QED) is 0.424. The standard InChI is InChI=1S/C26H32ClN3O2/c1-5-6-11-23-29-24(27)22(16-28)30(23)17-18-12-14-19(15-13-18)20-9-7-8-10-21(20)25(31)32-26(2,3)4/h7-10,12-15H,5-6,11,16-17,28H2,1-4H3. The van der Waals surface area contributed by atoms with Crippen molar-refractivity contribution in [3.63, 3.8) is 0 Å². The molecule has 0 saturated heterocycles. The van der Waals surface area contributed by atoms with E-state index in [9.17, 15) is 4.79 Å². The molecule has 0 fully saturated rings. The molecule has 1 heterocycles. The van der Waals surface area contributed by atoms with Crippen molar-refractivity contribution >= 4 is 17.6 Å². The molecule has 0 unspecified atom stereocenters. The summed E-state index contributed by atoms with van der Waals surface area (Å²) in [4.78, 5) is 17.2. The summed E-state index contributed by atoms with van der Waals surface area (Å²) in [5, 5.41) is 0.488. The molecule has 0 aliphatic heterocycles. The predicted octanol–water partition coefficient (Wildman–Crippen LogP) is 6.01. The summed E-state index contributed by atoms with van der Waals surface area (Å²) in [5.41, 5.74) is 9.75. The van der Waals surface area contributed by atoms with Crippen molar-refractivity contribution in [2.75, 3.05) is 0 Å². The second kappa shape index (κ2) is 10.3. The summed E-state index contributed by atoms with van der Waals surface area (Å²) >= 11 is 6.34. The van der Waals surface area contributed by atoms with Crippen molar-refractivity contribution in [3.8, 4) is 11.1 Å². The van der Waals surface area contributed by atoms with E-state index in [1.165, 1.54) is 0 Å². The van der Waals surface area contributed by atoms with Gasteiger partial charge in [-0.1, -0.05) is 67.4 Å². The SMILES string of the molecule is CCCCc1nc(Cl)c(CN)n1Cc1ccc(-c2ccccc2C(=O)OC(C)(C)C)cc1. The molecule has 0 spiro atoms. The number of unbranched alkanes of at least 4 members (excludes halogenated alkanes) is 1. The highest BCUT2D eigenvalue weighted by molar-refractivity contribution is 6.30. The molecule has 0 radical (unpaired) electrons. The zero-order valence-electron chi connectivity index (χ0n) is 19.3. The van der Waals surface area contributed by atoms with Crippen LogP contribution in [0.15, 0.2) is 48.5 Å². The molecule has 3 aromatic rings. The van der Waals surface area contributed by atoms with Gasteiger partial charge >= 0.3 is 5.97 Å². The van der Waals surface area contributed by atoms with Crippen molar-refractivity contribution < 1.29 is 9.53 Å². The summed E-state index contributed by atoms with van der Waals surface area (Å²) in [7, 11) is 0. The van der Waals surface area contributed by atoms with Gasteiger partial charge in [-0.3, -0.25) is 0 Å². The Hall–Kier alpha value is -2.63. The molecule has 170 valence electrons. The highest BCUT2D eigenvalue weighted by Gasteiger charge is 2.21. The first-order valence-corrected chi connectivity index (χ1v) is 11.5.